The number of benzene rings is 3. The van der Waals surface area contributed by atoms with E-state index in [1.54, 1.807) is 12.1 Å². The summed E-state index contributed by atoms with van der Waals surface area (Å²) in [6.45, 7) is 0. The van der Waals surface area contributed by atoms with Gasteiger partial charge in [-0.1, -0.05) is 66.2 Å². The van der Waals surface area contributed by atoms with E-state index in [1.807, 2.05) is 66.7 Å². The van der Waals surface area contributed by atoms with Crippen molar-refractivity contribution in [2.24, 2.45) is 0 Å². The third-order valence-electron chi connectivity index (χ3n) is 4.97. The average molecular weight is 447 g/mol. The van der Waals surface area contributed by atoms with Crippen molar-refractivity contribution in [3.05, 3.63) is 95.1 Å². The van der Waals surface area contributed by atoms with Gasteiger partial charge < -0.3 is 9.47 Å². The minimum atomic E-state index is -0.691. The molecule has 0 saturated heterocycles. The molecule has 6 nitrogen and oxygen atoms in total. The molecule has 0 spiro atoms. The van der Waals surface area contributed by atoms with Crippen molar-refractivity contribution in [2.75, 3.05) is 14.2 Å². The van der Waals surface area contributed by atoms with Gasteiger partial charge >= 0.3 is 11.9 Å². The van der Waals surface area contributed by atoms with Gasteiger partial charge in [0.05, 0.1) is 19.9 Å². The highest BCUT2D eigenvalue weighted by Crippen LogP contribution is 2.31. The van der Waals surface area contributed by atoms with E-state index >= 15 is 0 Å². The maximum atomic E-state index is 12.7. The number of aromatic nitrogens is 2. The van der Waals surface area contributed by atoms with E-state index in [0.29, 0.717) is 22.0 Å². The molecule has 1 aromatic heterocycles. The van der Waals surface area contributed by atoms with Crippen LogP contribution in [0.5, 0.6) is 0 Å². The first-order chi connectivity index (χ1) is 15.5. The van der Waals surface area contributed by atoms with Gasteiger partial charge in [0.15, 0.2) is 5.69 Å². The molecule has 1 heterocycles. The summed E-state index contributed by atoms with van der Waals surface area (Å²) in [6, 6.07) is 24.0. The van der Waals surface area contributed by atoms with Crippen molar-refractivity contribution < 1.29 is 19.1 Å². The maximum absolute atomic E-state index is 12.7. The molecule has 7 heteroatoms. The molecule has 0 fully saturated rings. The van der Waals surface area contributed by atoms with E-state index in [0.717, 1.165) is 11.1 Å². The first-order valence-electron chi connectivity index (χ1n) is 9.75. The van der Waals surface area contributed by atoms with Gasteiger partial charge in [0.2, 0.25) is 0 Å². The largest absolute Gasteiger partial charge is 0.465 e. The van der Waals surface area contributed by atoms with E-state index < -0.39 is 11.9 Å². The highest BCUT2D eigenvalue weighted by atomic mass is 35.5. The molecule has 0 aliphatic carbocycles. The number of hydrogen-bond acceptors (Lipinski definition) is 5. The number of ether oxygens (including phenoxy) is 2. The van der Waals surface area contributed by atoms with Gasteiger partial charge in [0, 0.05) is 10.6 Å². The van der Waals surface area contributed by atoms with Gasteiger partial charge in [-0.2, -0.15) is 5.10 Å². The number of carbonyl (C=O) groups excluding carboxylic acids is 2. The number of methoxy groups -OCH3 is 2. The van der Waals surface area contributed by atoms with Crippen LogP contribution < -0.4 is 0 Å². The Labute approximate surface area is 190 Å². The maximum Gasteiger partial charge on any atom is 0.357 e. The van der Waals surface area contributed by atoms with Crippen LogP contribution in [0.25, 0.3) is 28.1 Å². The lowest BCUT2D eigenvalue weighted by Crippen LogP contribution is -2.15. The lowest BCUT2D eigenvalue weighted by molar-refractivity contribution is 0.0549. The molecule has 32 heavy (non-hydrogen) atoms. The SMILES string of the molecule is COC(=O)c1c(-c2ccc(-c3cccc(Cl)c3)cc2)nn(-c2ccccc2)c1C(=O)OC. The van der Waals surface area contributed by atoms with Crippen LogP contribution >= 0.6 is 11.6 Å². The molecule has 0 aliphatic heterocycles. The third kappa shape index (κ3) is 4.00. The fourth-order valence-corrected chi connectivity index (χ4v) is 3.64. The van der Waals surface area contributed by atoms with Crippen molar-refractivity contribution in [1.82, 2.24) is 9.78 Å². The smallest absolute Gasteiger partial charge is 0.357 e. The van der Waals surface area contributed by atoms with Gasteiger partial charge in [0.25, 0.3) is 0 Å². The van der Waals surface area contributed by atoms with Crippen LogP contribution in [0.3, 0.4) is 0 Å². The monoisotopic (exact) mass is 446 g/mol. The molecule has 0 radical (unpaired) electrons. The molecule has 0 amide bonds. The average Bonchev–Trinajstić information content (AvgIpc) is 3.24. The molecular formula is C25H19ClN2O4. The summed E-state index contributed by atoms with van der Waals surface area (Å²) < 4.78 is 11.3. The summed E-state index contributed by atoms with van der Waals surface area (Å²) in [6.07, 6.45) is 0. The molecule has 3 aromatic carbocycles. The first kappa shape index (κ1) is 21.3. The summed E-state index contributed by atoms with van der Waals surface area (Å²) in [4.78, 5) is 25.4. The van der Waals surface area contributed by atoms with Crippen LogP contribution in [-0.4, -0.2) is 35.9 Å². The predicted molar refractivity (Wildman–Crippen MR) is 122 cm³/mol. The van der Waals surface area contributed by atoms with Gasteiger partial charge in [-0.15, -0.1) is 0 Å². The van der Waals surface area contributed by atoms with Crippen molar-refractivity contribution in [2.45, 2.75) is 0 Å². The highest BCUT2D eigenvalue weighted by molar-refractivity contribution is 6.30. The topological polar surface area (TPSA) is 70.4 Å². The molecule has 0 bridgehead atoms. The quantitative estimate of drug-likeness (QED) is 0.382. The number of nitrogens with zero attached hydrogens (tertiary/aromatic N) is 2. The third-order valence-corrected chi connectivity index (χ3v) is 5.21. The minimum absolute atomic E-state index is 0.000493. The Hall–Kier alpha value is -3.90. The molecule has 0 aliphatic rings. The van der Waals surface area contributed by atoms with Gasteiger partial charge in [-0.05, 0) is 35.4 Å². The Balaban J connectivity index is 1.89. The summed E-state index contributed by atoms with van der Waals surface area (Å²) in [5.41, 5.74) is 3.53. The Morgan fingerprint density at radius 1 is 0.781 bits per heavy atom. The van der Waals surface area contributed by atoms with Gasteiger partial charge in [-0.25, -0.2) is 14.3 Å². The van der Waals surface area contributed by atoms with E-state index in [2.05, 4.69) is 5.10 Å². The van der Waals surface area contributed by atoms with Crippen molar-refractivity contribution in [3.63, 3.8) is 0 Å². The zero-order chi connectivity index (χ0) is 22.7. The fourth-order valence-electron chi connectivity index (χ4n) is 3.45. The summed E-state index contributed by atoms with van der Waals surface area (Å²) in [5.74, 6) is -1.37. The van der Waals surface area contributed by atoms with Crippen molar-refractivity contribution in [1.29, 1.82) is 0 Å². The molecule has 0 atom stereocenters. The van der Waals surface area contributed by atoms with Crippen LogP contribution in [0.2, 0.25) is 5.02 Å². The standard InChI is InChI=1S/C25H19ClN2O4/c1-31-24(29)21-22(17-13-11-16(12-14-17)18-7-6-8-19(26)15-18)27-28(23(21)25(30)32-2)20-9-4-3-5-10-20/h3-15H,1-2H3. The van der Waals surface area contributed by atoms with E-state index in [-0.39, 0.29) is 11.3 Å². The number of esters is 2. The second-order valence-electron chi connectivity index (χ2n) is 6.89. The number of para-hydroxylation sites is 1. The number of carbonyl (C=O) groups is 2. The summed E-state index contributed by atoms with van der Waals surface area (Å²) in [7, 11) is 2.51. The first-order valence-corrected chi connectivity index (χ1v) is 10.1. The number of halogens is 1. The minimum Gasteiger partial charge on any atom is -0.465 e. The molecule has 160 valence electrons. The summed E-state index contributed by atoms with van der Waals surface area (Å²) in [5, 5.41) is 5.24. The van der Waals surface area contributed by atoms with Crippen LogP contribution in [0.15, 0.2) is 78.9 Å². The normalized spacial score (nSPS) is 10.6. The number of hydrogen-bond donors (Lipinski definition) is 0. The highest BCUT2D eigenvalue weighted by Gasteiger charge is 2.31. The Bertz CT molecular complexity index is 1280. The van der Waals surface area contributed by atoms with Crippen LogP contribution in [0.4, 0.5) is 0 Å². The summed E-state index contributed by atoms with van der Waals surface area (Å²) >= 11 is 6.11. The van der Waals surface area contributed by atoms with Crippen molar-refractivity contribution in [3.8, 4) is 28.1 Å². The van der Waals surface area contributed by atoms with Crippen LogP contribution in [-0.2, 0) is 9.47 Å². The lowest BCUT2D eigenvalue weighted by Gasteiger charge is -2.07. The van der Waals surface area contributed by atoms with E-state index in [1.165, 1.54) is 18.9 Å². The Kier molecular flexibility index (Phi) is 6.05. The van der Waals surface area contributed by atoms with E-state index in [4.69, 9.17) is 21.1 Å². The zero-order valence-electron chi connectivity index (χ0n) is 17.4. The van der Waals surface area contributed by atoms with Gasteiger partial charge in [0.1, 0.15) is 11.3 Å². The van der Waals surface area contributed by atoms with E-state index in [9.17, 15) is 9.59 Å². The molecule has 0 unspecified atom stereocenters. The molecule has 4 rings (SSSR count). The number of rotatable bonds is 5. The lowest BCUT2D eigenvalue weighted by atomic mass is 10.0. The predicted octanol–water partition coefficient (Wildman–Crippen LogP) is 5.43. The van der Waals surface area contributed by atoms with Crippen LogP contribution in [0, 0.1) is 0 Å². The molecule has 0 saturated carbocycles. The Morgan fingerprint density at radius 3 is 2.06 bits per heavy atom. The van der Waals surface area contributed by atoms with Gasteiger partial charge in [-0.3, -0.25) is 0 Å². The molecule has 4 aromatic rings. The second-order valence-corrected chi connectivity index (χ2v) is 7.33. The fraction of sp³-hybridized carbons (Fsp3) is 0.0800. The second kappa shape index (κ2) is 9.08. The van der Waals surface area contributed by atoms with Crippen molar-refractivity contribution >= 4 is 23.5 Å². The Morgan fingerprint density at radius 2 is 1.44 bits per heavy atom. The molecular weight excluding hydrogens is 428 g/mol. The van der Waals surface area contributed by atoms with Crippen LogP contribution in [0.1, 0.15) is 20.8 Å². The zero-order valence-corrected chi connectivity index (χ0v) is 18.2. The molecule has 0 N–H and O–H groups in total.